The first-order valence-electron chi connectivity index (χ1n) is 6.15. The SMILES string of the molecule is CC(C)c1nnc(SCC(=O)O)n1-c1ccc(Br)c(Cl)c1. The summed E-state index contributed by atoms with van der Waals surface area (Å²) in [6.07, 6.45) is 0. The van der Waals surface area contributed by atoms with Crippen molar-refractivity contribution in [1.29, 1.82) is 0 Å². The molecule has 0 bridgehead atoms. The van der Waals surface area contributed by atoms with Crippen LogP contribution in [0.25, 0.3) is 5.69 Å². The number of carboxylic acids is 1. The van der Waals surface area contributed by atoms with Crippen LogP contribution in [0.5, 0.6) is 0 Å². The molecule has 21 heavy (non-hydrogen) atoms. The van der Waals surface area contributed by atoms with Gasteiger partial charge < -0.3 is 5.11 Å². The molecule has 0 radical (unpaired) electrons. The Morgan fingerprint density at radius 2 is 2.19 bits per heavy atom. The molecule has 8 heteroatoms. The monoisotopic (exact) mass is 389 g/mol. The van der Waals surface area contributed by atoms with Crippen LogP contribution in [0.4, 0.5) is 0 Å². The topological polar surface area (TPSA) is 68.0 Å². The highest BCUT2D eigenvalue weighted by Gasteiger charge is 2.18. The Hall–Kier alpha value is -1.05. The largest absolute Gasteiger partial charge is 0.481 e. The minimum absolute atomic E-state index is 0.0690. The summed E-state index contributed by atoms with van der Waals surface area (Å²) in [5, 5.41) is 18.2. The van der Waals surface area contributed by atoms with Gasteiger partial charge >= 0.3 is 5.97 Å². The predicted molar refractivity (Wildman–Crippen MR) is 86.5 cm³/mol. The molecule has 1 aromatic heterocycles. The zero-order chi connectivity index (χ0) is 15.6. The minimum Gasteiger partial charge on any atom is -0.481 e. The molecular formula is C13H13BrClN3O2S. The standard InChI is InChI=1S/C13H13BrClN3O2S/c1-7(2)12-16-17-13(21-6-11(19)20)18(12)8-3-4-9(14)10(15)5-8/h3-5,7H,6H2,1-2H3,(H,19,20). The van der Waals surface area contributed by atoms with Gasteiger partial charge in [-0.2, -0.15) is 0 Å². The Labute approximate surface area is 139 Å². The van der Waals surface area contributed by atoms with Crippen molar-refractivity contribution in [3.8, 4) is 5.69 Å². The zero-order valence-electron chi connectivity index (χ0n) is 11.4. The Kier molecular flexibility index (Phi) is 5.29. The van der Waals surface area contributed by atoms with Crippen LogP contribution < -0.4 is 0 Å². The molecule has 0 saturated heterocycles. The van der Waals surface area contributed by atoms with Gasteiger partial charge in [0.2, 0.25) is 0 Å². The third-order valence-corrected chi connectivity index (χ3v) is 4.81. The quantitative estimate of drug-likeness (QED) is 0.782. The summed E-state index contributed by atoms with van der Waals surface area (Å²) < 4.78 is 2.64. The van der Waals surface area contributed by atoms with Gasteiger partial charge in [-0.25, -0.2) is 0 Å². The molecule has 0 unspecified atom stereocenters. The van der Waals surface area contributed by atoms with Gasteiger partial charge in [-0.1, -0.05) is 37.2 Å². The van der Waals surface area contributed by atoms with E-state index >= 15 is 0 Å². The van der Waals surface area contributed by atoms with E-state index in [-0.39, 0.29) is 11.7 Å². The summed E-state index contributed by atoms with van der Waals surface area (Å²) in [5.74, 6) is -0.0459. The van der Waals surface area contributed by atoms with Crippen LogP contribution in [0.15, 0.2) is 27.8 Å². The Bertz CT molecular complexity index is 675. The van der Waals surface area contributed by atoms with Crippen molar-refractivity contribution in [1.82, 2.24) is 14.8 Å². The van der Waals surface area contributed by atoms with E-state index in [1.807, 2.05) is 30.5 Å². The second kappa shape index (κ2) is 6.81. The molecule has 1 aromatic carbocycles. The molecule has 0 spiro atoms. The number of aliphatic carboxylic acids is 1. The highest BCUT2D eigenvalue weighted by atomic mass is 79.9. The van der Waals surface area contributed by atoms with E-state index in [0.717, 1.165) is 27.7 Å². The lowest BCUT2D eigenvalue weighted by Crippen LogP contribution is -2.06. The van der Waals surface area contributed by atoms with Crippen molar-refractivity contribution in [3.05, 3.63) is 33.5 Å². The number of nitrogens with zero attached hydrogens (tertiary/aromatic N) is 3. The average Bonchev–Trinajstić information content (AvgIpc) is 2.83. The number of aromatic nitrogens is 3. The van der Waals surface area contributed by atoms with Crippen molar-refractivity contribution in [2.45, 2.75) is 24.9 Å². The van der Waals surface area contributed by atoms with Gasteiger partial charge in [0, 0.05) is 10.4 Å². The van der Waals surface area contributed by atoms with Gasteiger partial charge in [0.05, 0.1) is 16.5 Å². The summed E-state index contributed by atoms with van der Waals surface area (Å²) in [5.41, 5.74) is 0.810. The zero-order valence-corrected chi connectivity index (χ0v) is 14.5. The predicted octanol–water partition coefficient (Wildman–Crippen LogP) is 3.98. The Morgan fingerprint density at radius 3 is 2.76 bits per heavy atom. The number of hydrogen-bond acceptors (Lipinski definition) is 4. The van der Waals surface area contributed by atoms with Crippen LogP contribution in [0.2, 0.25) is 5.02 Å². The van der Waals surface area contributed by atoms with Crippen LogP contribution in [-0.4, -0.2) is 31.6 Å². The van der Waals surface area contributed by atoms with Crippen molar-refractivity contribution in [3.63, 3.8) is 0 Å². The van der Waals surface area contributed by atoms with Crippen LogP contribution in [0, 0.1) is 0 Å². The highest BCUT2D eigenvalue weighted by Crippen LogP contribution is 2.30. The number of rotatable bonds is 5. The summed E-state index contributed by atoms with van der Waals surface area (Å²) in [4.78, 5) is 10.8. The van der Waals surface area contributed by atoms with E-state index in [0.29, 0.717) is 10.2 Å². The van der Waals surface area contributed by atoms with Crippen molar-refractivity contribution < 1.29 is 9.90 Å². The number of halogens is 2. The average molecular weight is 391 g/mol. The molecule has 2 rings (SSSR count). The summed E-state index contributed by atoms with van der Waals surface area (Å²) in [6.45, 7) is 4.01. The molecule has 112 valence electrons. The highest BCUT2D eigenvalue weighted by molar-refractivity contribution is 9.10. The fourth-order valence-electron chi connectivity index (χ4n) is 1.74. The number of hydrogen-bond donors (Lipinski definition) is 1. The van der Waals surface area contributed by atoms with Crippen molar-refractivity contribution >= 4 is 45.3 Å². The van der Waals surface area contributed by atoms with Crippen molar-refractivity contribution in [2.75, 3.05) is 5.75 Å². The second-order valence-corrected chi connectivity index (χ2v) is 6.82. The first-order valence-corrected chi connectivity index (χ1v) is 8.31. The van der Waals surface area contributed by atoms with Crippen molar-refractivity contribution in [2.24, 2.45) is 0 Å². The maximum absolute atomic E-state index is 10.8. The fraction of sp³-hybridized carbons (Fsp3) is 0.308. The normalized spacial score (nSPS) is 11.1. The fourth-order valence-corrected chi connectivity index (χ4v) is 2.84. The lowest BCUT2D eigenvalue weighted by atomic mass is 10.2. The molecule has 0 atom stereocenters. The molecular weight excluding hydrogens is 378 g/mol. The van der Waals surface area contributed by atoms with E-state index in [9.17, 15) is 4.79 Å². The molecule has 5 nitrogen and oxygen atoms in total. The van der Waals surface area contributed by atoms with Gasteiger partial charge in [0.25, 0.3) is 0 Å². The maximum Gasteiger partial charge on any atom is 0.313 e. The van der Waals surface area contributed by atoms with E-state index in [1.54, 1.807) is 6.07 Å². The van der Waals surface area contributed by atoms with E-state index in [2.05, 4.69) is 26.1 Å². The number of benzene rings is 1. The summed E-state index contributed by atoms with van der Waals surface area (Å²) in [6, 6.07) is 5.52. The molecule has 1 N–H and O–H groups in total. The maximum atomic E-state index is 10.8. The molecule has 0 aliphatic heterocycles. The van der Waals surface area contributed by atoms with Crippen LogP contribution in [-0.2, 0) is 4.79 Å². The van der Waals surface area contributed by atoms with Gasteiger partial charge in [0.15, 0.2) is 5.16 Å². The Morgan fingerprint density at radius 1 is 1.48 bits per heavy atom. The van der Waals surface area contributed by atoms with Gasteiger partial charge in [-0.05, 0) is 34.1 Å². The third-order valence-electron chi connectivity index (χ3n) is 2.66. The van der Waals surface area contributed by atoms with Gasteiger partial charge in [-0.15, -0.1) is 10.2 Å². The number of carbonyl (C=O) groups is 1. The minimum atomic E-state index is -0.894. The molecule has 0 aliphatic carbocycles. The number of thioether (sulfide) groups is 1. The van der Waals surface area contributed by atoms with E-state index in [4.69, 9.17) is 16.7 Å². The lowest BCUT2D eigenvalue weighted by molar-refractivity contribution is -0.133. The molecule has 0 saturated carbocycles. The molecule has 0 fully saturated rings. The lowest BCUT2D eigenvalue weighted by Gasteiger charge is -2.12. The van der Waals surface area contributed by atoms with E-state index in [1.165, 1.54) is 0 Å². The van der Waals surface area contributed by atoms with Gasteiger partial charge in [-0.3, -0.25) is 9.36 Å². The first kappa shape index (κ1) is 16.3. The summed E-state index contributed by atoms with van der Waals surface area (Å²) in [7, 11) is 0. The van der Waals surface area contributed by atoms with Gasteiger partial charge in [0.1, 0.15) is 5.82 Å². The first-order chi connectivity index (χ1) is 9.90. The second-order valence-electron chi connectivity index (χ2n) is 4.61. The third kappa shape index (κ3) is 3.78. The summed E-state index contributed by atoms with van der Waals surface area (Å²) >= 11 is 10.6. The molecule has 1 heterocycles. The number of carboxylic acid groups (broad SMARTS) is 1. The van der Waals surface area contributed by atoms with Crippen LogP contribution in [0.1, 0.15) is 25.6 Å². The van der Waals surface area contributed by atoms with E-state index < -0.39 is 5.97 Å². The smallest absolute Gasteiger partial charge is 0.313 e. The van der Waals surface area contributed by atoms with Crippen LogP contribution in [0.3, 0.4) is 0 Å². The Balaban J connectivity index is 2.49. The molecule has 0 amide bonds. The molecule has 2 aromatic rings. The molecule has 0 aliphatic rings. The van der Waals surface area contributed by atoms with Crippen LogP contribution >= 0.6 is 39.3 Å².